The molecule has 0 aliphatic heterocycles. The summed E-state index contributed by atoms with van der Waals surface area (Å²) in [6, 6.07) is 2.32. The fourth-order valence-electron chi connectivity index (χ4n) is 1.36. The van der Waals surface area contributed by atoms with Gasteiger partial charge < -0.3 is 4.90 Å². The van der Waals surface area contributed by atoms with Crippen molar-refractivity contribution >= 4 is 28.2 Å². The van der Waals surface area contributed by atoms with Crippen molar-refractivity contribution in [3.8, 4) is 6.07 Å². The van der Waals surface area contributed by atoms with E-state index in [1.165, 1.54) is 0 Å². The van der Waals surface area contributed by atoms with Crippen LogP contribution in [0, 0.1) is 11.3 Å². The molecular formula is C11H19N5S2. The SMILES string of the molecule is CCNC(C)(C#N)CCSc1nnc(N(C)C)s1. The maximum absolute atomic E-state index is 9.14. The van der Waals surface area contributed by atoms with Crippen molar-refractivity contribution in [1.82, 2.24) is 15.5 Å². The van der Waals surface area contributed by atoms with Crippen LogP contribution in [0.15, 0.2) is 4.34 Å². The van der Waals surface area contributed by atoms with E-state index in [-0.39, 0.29) is 0 Å². The second kappa shape index (κ2) is 6.92. The Balaban J connectivity index is 2.43. The van der Waals surface area contributed by atoms with Gasteiger partial charge in [0.15, 0.2) is 4.34 Å². The minimum Gasteiger partial charge on any atom is -0.353 e. The molecule has 100 valence electrons. The molecule has 0 radical (unpaired) electrons. The van der Waals surface area contributed by atoms with Gasteiger partial charge in [0, 0.05) is 19.8 Å². The molecule has 0 aromatic carbocycles. The molecule has 1 aromatic heterocycles. The van der Waals surface area contributed by atoms with Crippen LogP contribution in [0.4, 0.5) is 5.13 Å². The lowest BCUT2D eigenvalue weighted by molar-refractivity contribution is 0.450. The number of anilines is 1. The largest absolute Gasteiger partial charge is 0.353 e. The quantitative estimate of drug-likeness (QED) is 0.773. The first-order chi connectivity index (χ1) is 8.50. The van der Waals surface area contributed by atoms with E-state index in [9.17, 15) is 0 Å². The highest BCUT2D eigenvalue weighted by atomic mass is 32.2. The summed E-state index contributed by atoms with van der Waals surface area (Å²) in [7, 11) is 3.90. The number of nitrogens with zero attached hydrogens (tertiary/aromatic N) is 4. The summed E-state index contributed by atoms with van der Waals surface area (Å²) in [4.78, 5) is 1.94. The van der Waals surface area contributed by atoms with Gasteiger partial charge in [-0.3, -0.25) is 5.32 Å². The lowest BCUT2D eigenvalue weighted by Crippen LogP contribution is -2.41. The Kier molecular flexibility index (Phi) is 5.85. The number of aromatic nitrogens is 2. The Labute approximate surface area is 117 Å². The second-order valence-electron chi connectivity index (χ2n) is 4.32. The Morgan fingerprint density at radius 1 is 1.50 bits per heavy atom. The molecule has 0 spiro atoms. The molecule has 18 heavy (non-hydrogen) atoms. The third-order valence-corrected chi connectivity index (χ3v) is 4.65. The molecule has 1 aromatic rings. The van der Waals surface area contributed by atoms with Gasteiger partial charge in [-0.1, -0.05) is 30.0 Å². The minimum atomic E-state index is -0.448. The molecule has 0 aliphatic carbocycles. The summed E-state index contributed by atoms with van der Waals surface area (Å²) in [6.07, 6.45) is 0.791. The van der Waals surface area contributed by atoms with Gasteiger partial charge >= 0.3 is 0 Å². The molecule has 0 saturated heterocycles. The van der Waals surface area contributed by atoms with Crippen LogP contribution in [-0.4, -0.2) is 42.1 Å². The van der Waals surface area contributed by atoms with Crippen LogP contribution < -0.4 is 10.2 Å². The molecule has 0 aliphatic rings. The van der Waals surface area contributed by atoms with E-state index in [0.717, 1.165) is 28.2 Å². The summed E-state index contributed by atoms with van der Waals surface area (Å²) in [5.41, 5.74) is -0.448. The number of nitrogens with one attached hydrogen (secondary N) is 1. The van der Waals surface area contributed by atoms with Crippen molar-refractivity contribution < 1.29 is 0 Å². The number of rotatable bonds is 7. The van der Waals surface area contributed by atoms with E-state index < -0.39 is 5.54 Å². The highest BCUT2D eigenvalue weighted by Crippen LogP contribution is 2.28. The first kappa shape index (κ1) is 15.2. The number of nitriles is 1. The summed E-state index contributed by atoms with van der Waals surface area (Å²) in [6.45, 7) is 4.75. The zero-order valence-corrected chi connectivity index (χ0v) is 12.9. The molecule has 1 N–H and O–H groups in total. The molecule has 1 heterocycles. The molecule has 7 heteroatoms. The third kappa shape index (κ3) is 4.44. The smallest absolute Gasteiger partial charge is 0.208 e. The van der Waals surface area contributed by atoms with E-state index in [1.54, 1.807) is 23.1 Å². The van der Waals surface area contributed by atoms with Gasteiger partial charge in [0.1, 0.15) is 5.54 Å². The number of hydrogen-bond acceptors (Lipinski definition) is 7. The fraction of sp³-hybridized carbons (Fsp3) is 0.727. The Morgan fingerprint density at radius 2 is 2.22 bits per heavy atom. The lowest BCUT2D eigenvalue weighted by atomic mass is 10.0. The van der Waals surface area contributed by atoms with E-state index >= 15 is 0 Å². The lowest BCUT2D eigenvalue weighted by Gasteiger charge is -2.21. The topological polar surface area (TPSA) is 64.8 Å². The van der Waals surface area contributed by atoms with Gasteiger partial charge in [-0.15, -0.1) is 10.2 Å². The molecule has 0 fully saturated rings. The Hall–Kier alpha value is -0.840. The maximum Gasteiger partial charge on any atom is 0.208 e. The van der Waals surface area contributed by atoms with Gasteiger partial charge in [-0.05, 0) is 19.9 Å². The van der Waals surface area contributed by atoms with E-state index in [2.05, 4.69) is 21.6 Å². The van der Waals surface area contributed by atoms with Crippen molar-refractivity contribution in [3.63, 3.8) is 0 Å². The average Bonchev–Trinajstić information content (AvgIpc) is 2.78. The molecule has 5 nitrogen and oxygen atoms in total. The Morgan fingerprint density at radius 3 is 2.72 bits per heavy atom. The highest BCUT2D eigenvalue weighted by molar-refractivity contribution is 8.01. The molecule has 1 atom stereocenters. The summed E-state index contributed by atoms with van der Waals surface area (Å²) < 4.78 is 0.954. The van der Waals surface area contributed by atoms with Gasteiger partial charge in [0.2, 0.25) is 5.13 Å². The summed E-state index contributed by atoms with van der Waals surface area (Å²) in [5.74, 6) is 0.860. The van der Waals surface area contributed by atoms with Crippen LogP contribution in [0.25, 0.3) is 0 Å². The monoisotopic (exact) mass is 285 g/mol. The summed E-state index contributed by atoms with van der Waals surface area (Å²) >= 11 is 3.23. The Bertz CT molecular complexity index is 412. The van der Waals surface area contributed by atoms with E-state index in [1.807, 2.05) is 32.8 Å². The van der Waals surface area contributed by atoms with Gasteiger partial charge in [0.05, 0.1) is 6.07 Å². The summed E-state index contributed by atoms with van der Waals surface area (Å²) in [5, 5.41) is 21.4. The van der Waals surface area contributed by atoms with E-state index in [0.29, 0.717) is 0 Å². The standard InChI is InChI=1S/C11H19N5S2/c1-5-13-11(2,8-12)6-7-17-10-15-14-9(18-10)16(3)4/h13H,5-7H2,1-4H3. The molecule has 0 amide bonds. The zero-order chi connectivity index (χ0) is 13.6. The van der Waals surface area contributed by atoms with Crippen molar-refractivity contribution in [2.24, 2.45) is 0 Å². The first-order valence-electron chi connectivity index (χ1n) is 5.80. The molecule has 0 saturated carbocycles. The predicted molar refractivity (Wildman–Crippen MR) is 77.3 cm³/mol. The fourth-order valence-corrected chi connectivity index (χ4v) is 3.35. The van der Waals surface area contributed by atoms with Crippen LogP contribution in [0.1, 0.15) is 20.3 Å². The van der Waals surface area contributed by atoms with Crippen LogP contribution in [-0.2, 0) is 0 Å². The van der Waals surface area contributed by atoms with Gasteiger partial charge in [0.25, 0.3) is 0 Å². The molecular weight excluding hydrogens is 266 g/mol. The number of thioether (sulfide) groups is 1. The molecule has 0 bridgehead atoms. The zero-order valence-electron chi connectivity index (χ0n) is 11.2. The van der Waals surface area contributed by atoms with Crippen LogP contribution in [0.5, 0.6) is 0 Å². The third-order valence-electron chi connectivity index (χ3n) is 2.42. The highest BCUT2D eigenvalue weighted by Gasteiger charge is 2.22. The van der Waals surface area contributed by atoms with Crippen molar-refractivity contribution in [3.05, 3.63) is 0 Å². The van der Waals surface area contributed by atoms with Crippen LogP contribution in [0.2, 0.25) is 0 Å². The van der Waals surface area contributed by atoms with Crippen molar-refractivity contribution in [2.75, 3.05) is 31.3 Å². The second-order valence-corrected chi connectivity index (χ2v) is 6.62. The van der Waals surface area contributed by atoms with E-state index in [4.69, 9.17) is 5.26 Å². The normalized spacial score (nSPS) is 13.9. The van der Waals surface area contributed by atoms with Crippen LogP contribution >= 0.6 is 23.1 Å². The minimum absolute atomic E-state index is 0.448. The predicted octanol–water partition coefficient (Wildman–Crippen LogP) is 1.98. The first-order valence-corrected chi connectivity index (χ1v) is 7.61. The average molecular weight is 285 g/mol. The van der Waals surface area contributed by atoms with Gasteiger partial charge in [-0.2, -0.15) is 5.26 Å². The van der Waals surface area contributed by atoms with Crippen LogP contribution in [0.3, 0.4) is 0 Å². The number of hydrogen-bond donors (Lipinski definition) is 1. The van der Waals surface area contributed by atoms with Gasteiger partial charge in [-0.25, -0.2) is 0 Å². The molecule has 1 unspecified atom stereocenters. The van der Waals surface area contributed by atoms with Crippen molar-refractivity contribution in [1.29, 1.82) is 5.26 Å². The maximum atomic E-state index is 9.14. The van der Waals surface area contributed by atoms with Crippen molar-refractivity contribution in [2.45, 2.75) is 30.1 Å². The molecule has 1 rings (SSSR count).